The van der Waals surface area contributed by atoms with Gasteiger partial charge in [0.05, 0.1) is 5.56 Å². The number of aryl methyl sites for hydroxylation is 1. The first kappa shape index (κ1) is 15.3. The smallest absolute Gasteiger partial charge is 0.227 e. The summed E-state index contributed by atoms with van der Waals surface area (Å²) in [6.07, 6.45) is 4.46. The lowest BCUT2D eigenvalue weighted by Crippen LogP contribution is -2.07. The van der Waals surface area contributed by atoms with Crippen LogP contribution in [0.1, 0.15) is 38.3 Å². The molecule has 4 heteroatoms. The van der Waals surface area contributed by atoms with Crippen LogP contribution in [0.15, 0.2) is 30.6 Å². The molecule has 0 saturated heterocycles. The minimum absolute atomic E-state index is 0.635. The monoisotopic (exact) mass is 285 g/mol. The van der Waals surface area contributed by atoms with Crippen LogP contribution in [0.25, 0.3) is 0 Å². The fourth-order valence-corrected chi connectivity index (χ4v) is 2.10. The van der Waals surface area contributed by atoms with Gasteiger partial charge in [-0.15, -0.1) is 0 Å². The number of ether oxygens (including phenoxy) is 1. The number of nitrogens with one attached hydrogen (secondary N) is 1. The normalized spacial score (nSPS) is 10.4. The number of benzene rings is 1. The van der Waals surface area contributed by atoms with Gasteiger partial charge in [-0.3, -0.25) is 0 Å². The number of nitrogens with zero attached hydrogens (tertiary/aromatic N) is 2. The Kier molecular flexibility index (Phi) is 5.55. The van der Waals surface area contributed by atoms with Crippen molar-refractivity contribution in [1.82, 2.24) is 9.97 Å². The Labute approximate surface area is 126 Å². The summed E-state index contributed by atoms with van der Waals surface area (Å²) in [5.74, 6) is 2.31. The van der Waals surface area contributed by atoms with Crippen LogP contribution in [0.5, 0.6) is 11.6 Å². The van der Waals surface area contributed by atoms with Crippen molar-refractivity contribution in [2.24, 2.45) is 0 Å². The highest BCUT2D eigenvalue weighted by atomic mass is 16.5. The molecule has 0 aliphatic rings. The lowest BCUT2D eigenvalue weighted by molar-refractivity contribution is 0.455. The van der Waals surface area contributed by atoms with Gasteiger partial charge in [-0.25, -0.2) is 9.97 Å². The third-order valence-corrected chi connectivity index (χ3v) is 3.35. The van der Waals surface area contributed by atoms with Crippen molar-refractivity contribution in [3.63, 3.8) is 0 Å². The molecule has 0 bridgehead atoms. The van der Waals surface area contributed by atoms with E-state index in [9.17, 15) is 0 Å². The first-order chi connectivity index (χ1) is 10.3. The van der Waals surface area contributed by atoms with Crippen molar-refractivity contribution in [2.75, 3.05) is 11.9 Å². The second-order valence-electron chi connectivity index (χ2n) is 4.89. The Morgan fingerprint density at radius 2 is 1.76 bits per heavy atom. The summed E-state index contributed by atoms with van der Waals surface area (Å²) < 4.78 is 5.93. The van der Waals surface area contributed by atoms with Gasteiger partial charge < -0.3 is 10.1 Å². The number of hydrogen-bond donors (Lipinski definition) is 1. The van der Waals surface area contributed by atoms with Gasteiger partial charge in [-0.2, -0.15) is 0 Å². The molecule has 4 nitrogen and oxygen atoms in total. The highest BCUT2D eigenvalue weighted by Gasteiger charge is 2.11. The molecule has 0 atom stereocenters. The summed E-state index contributed by atoms with van der Waals surface area (Å²) in [5.41, 5.74) is 2.32. The van der Waals surface area contributed by atoms with Gasteiger partial charge >= 0.3 is 0 Å². The minimum atomic E-state index is 0.635. The van der Waals surface area contributed by atoms with Gasteiger partial charge in [0.15, 0.2) is 0 Å². The van der Waals surface area contributed by atoms with Crippen molar-refractivity contribution in [1.29, 1.82) is 0 Å². The Balaban J connectivity index is 2.21. The highest BCUT2D eigenvalue weighted by molar-refractivity contribution is 5.49. The number of aromatic nitrogens is 2. The van der Waals surface area contributed by atoms with Crippen LogP contribution in [0.4, 0.5) is 5.82 Å². The molecule has 1 heterocycles. The molecular weight excluding hydrogens is 262 g/mol. The van der Waals surface area contributed by atoms with Gasteiger partial charge in [0.1, 0.15) is 17.9 Å². The standard InChI is InChI=1S/C17H23N3O/c1-4-11-18-16-15(6-3)17(20-12-19-16)21-14-9-7-13(5-2)8-10-14/h7-10,12H,4-6,11H2,1-3H3,(H,18,19,20). The van der Waals surface area contributed by atoms with Gasteiger partial charge in [0, 0.05) is 6.54 Å². The van der Waals surface area contributed by atoms with Crippen LogP contribution in [0.2, 0.25) is 0 Å². The molecule has 21 heavy (non-hydrogen) atoms. The van der Waals surface area contributed by atoms with E-state index in [1.54, 1.807) is 6.33 Å². The zero-order chi connectivity index (χ0) is 15.1. The summed E-state index contributed by atoms with van der Waals surface area (Å²) in [4.78, 5) is 8.60. The maximum absolute atomic E-state index is 5.93. The third kappa shape index (κ3) is 3.94. The Hall–Kier alpha value is -2.10. The maximum Gasteiger partial charge on any atom is 0.227 e. The molecule has 0 aliphatic carbocycles. The first-order valence-corrected chi connectivity index (χ1v) is 7.63. The second-order valence-corrected chi connectivity index (χ2v) is 4.89. The second kappa shape index (κ2) is 7.62. The van der Waals surface area contributed by atoms with Crippen LogP contribution in [-0.2, 0) is 12.8 Å². The van der Waals surface area contributed by atoms with E-state index in [0.29, 0.717) is 5.88 Å². The topological polar surface area (TPSA) is 47.0 Å². The lowest BCUT2D eigenvalue weighted by Gasteiger charge is -2.13. The average molecular weight is 285 g/mol. The molecule has 1 aromatic carbocycles. The Morgan fingerprint density at radius 1 is 1.00 bits per heavy atom. The Morgan fingerprint density at radius 3 is 2.38 bits per heavy atom. The molecule has 0 spiro atoms. The molecule has 2 rings (SSSR count). The van der Waals surface area contributed by atoms with E-state index in [1.807, 2.05) is 12.1 Å². The summed E-state index contributed by atoms with van der Waals surface area (Å²) in [6, 6.07) is 8.13. The first-order valence-electron chi connectivity index (χ1n) is 7.63. The van der Waals surface area contributed by atoms with Crippen LogP contribution in [0, 0.1) is 0 Å². The molecule has 0 fully saturated rings. The molecule has 112 valence electrons. The van der Waals surface area contributed by atoms with Gasteiger partial charge in [-0.05, 0) is 37.0 Å². The van der Waals surface area contributed by atoms with Crippen molar-refractivity contribution in [3.05, 3.63) is 41.7 Å². The van der Waals surface area contributed by atoms with Crippen LogP contribution >= 0.6 is 0 Å². The average Bonchev–Trinajstić information content (AvgIpc) is 2.53. The molecule has 0 saturated carbocycles. The number of anilines is 1. The summed E-state index contributed by atoms with van der Waals surface area (Å²) in [7, 11) is 0. The quantitative estimate of drug-likeness (QED) is 0.827. The largest absolute Gasteiger partial charge is 0.439 e. The molecule has 0 aliphatic heterocycles. The van der Waals surface area contributed by atoms with E-state index in [-0.39, 0.29) is 0 Å². The zero-order valence-electron chi connectivity index (χ0n) is 13.0. The summed E-state index contributed by atoms with van der Waals surface area (Å²) in [6.45, 7) is 7.26. The molecule has 1 N–H and O–H groups in total. The predicted octanol–water partition coefficient (Wildman–Crippen LogP) is 4.22. The number of hydrogen-bond acceptors (Lipinski definition) is 4. The van der Waals surface area contributed by atoms with Crippen molar-refractivity contribution < 1.29 is 4.74 Å². The molecule has 2 aromatic rings. The molecular formula is C17H23N3O. The van der Waals surface area contributed by atoms with Crippen molar-refractivity contribution in [2.45, 2.75) is 40.0 Å². The lowest BCUT2D eigenvalue weighted by atomic mass is 10.2. The summed E-state index contributed by atoms with van der Waals surface area (Å²) in [5, 5.41) is 3.33. The summed E-state index contributed by atoms with van der Waals surface area (Å²) >= 11 is 0. The van der Waals surface area contributed by atoms with Crippen molar-refractivity contribution >= 4 is 5.82 Å². The predicted molar refractivity (Wildman–Crippen MR) is 86.1 cm³/mol. The third-order valence-electron chi connectivity index (χ3n) is 3.35. The van der Waals surface area contributed by atoms with Gasteiger partial charge in [0.2, 0.25) is 5.88 Å². The minimum Gasteiger partial charge on any atom is -0.439 e. The van der Waals surface area contributed by atoms with E-state index in [2.05, 4.69) is 48.2 Å². The fraction of sp³-hybridized carbons (Fsp3) is 0.412. The van der Waals surface area contributed by atoms with E-state index < -0.39 is 0 Å². The fourth-order valence-electron chi connectivity index (χ4n) is 2.10. The van der Waals surface area contributed by atoms with Gasteiger partial charge in [-0.1, -0.05) is 32.9 Å². The van der Waals surface area contributed by atoms with Crippen molar-refractivity contribution in [3.8, 4) is 11.6 Å². The highest BCUT2D eigenvalue weighted by Crippen LogP contribution is 2.27. The Bertz CT molecular complexity index is 567. The van der Waals surface area contributed by atoms with E-state index in [1.165, 1.54) is 5.56 Å². The SMILES string of the molecule is CCCNc1ncnc(Oc2ccc(CC)cc2)c1CC. The molecule has 0 radical (unpaired) electrons. The van der Waals surface area contributed by atoms with Gasteiger partial charge in [0.25, 0.3) is 0 Å². The maximum atomic E-state index is 5.93. The van der Waals surface area contributed by atoms with E-state index in [0.717, 1.165) is 42.9 Å². The molecule has 0 amide bonds. The molecule has 1 aromatic heterocycles. The van der Waals surface area contributed by atoms with E-state index >= 15 is 0 Å². The van der Waals surface area contributed by atoms with Crippen LogP contribution < -0.4 is 10.1 Å². The van der Waals surface area contributed by atoms with E-state index in [4.69, 9.17) is 4.74 Å². The van der Waals surface area contributed by atoms with Crippen LogP contribution in [0.3, 0.4) is 0 Å². The van der Waals surface area contributed by atoms with Crippen LogP contribution in [-0.4, -0.2) is 16.5 Å². The number of rotatable bonds is 7. The molecule has 0 unspecified atom stereocenters. The zero-order valence-corrected chi connectivity index (χ0v) is 13.0.